The summed E-state index contributed by atoms with van der Waals surface area (Å²) in [5.41, 5.74) is 6.22. The second-order valence-electron chi connectivity index (χ2n) is 17.6. The van der Waals surface area contributed by atoms with Crippen molar-refractivity contribution >= 4 is 54.9 Å². The molecule has 4 aromatic heterocycles. The lowest BCUT2D eigenvalue weighted by molar-refractivity contribution is -0.172. The number of nitrogens with one attached hydrogen (secondary N) is 1. The molecule has 2 N–H and O–H groups in total. The second-order valence-corrected chi connectivity index (χ2v) is 19.7. The van der Waals surface area contributed by atoms with E-state index in [2.05, 4.69) is 38.5 Å². The Morgan fingerprint density at radius 1 is 1.00 bits per heavy atom. The van der Waals surface area contributed by atoms with Gasteiger partial charge in [0.2, 0.25) is 5.95 Å². The molecule has 0 fully saturated rings. The Bertz CT molecular complexity index is 3360. The first-order valence-electron chi connectivity index (χ1n) is 22.4. The number of methoxy groups -OCH3 is 1. The molecule has 2 aliphatic rings. The Kier molecular flexibility index (Phi) is 12.1. The SMILES string of the molecule is C=C(COc1ccc2nc3c(c(CC)c2c1)Cn1c-3cc2c(c1=O)COC(=O)[C@]2(O)CC)S(=O)(=O)Cc1cc(Nc2nccc(-c3cn(C)c4ccccc34)n2)c(OC)cc1N(C)CCN(C)C. The van der Waals surface area contributed by atoms with Gasteiger partial charge in [-0.05, 0) is 80.5 Å². The number of ether oxygens (including phenoxy) is 3. The van der Waals surface area contributed by atoms with Gasteiger partial charge in [-0.2, -0.15) is 0 Å². The van der Waals surface area contributed by atoms with E-state index in [1.807, 2.05) is 76.5 Å². The minimum absolute atomic E-state index is 0.0468. The van der Waals surface area contributed by atoms with Gasteiger partial charge in [0.15, 0.2) is 15.4 Å². The molecular weight excluding hydrogens is 885 g/mol. The van der Waals surface area contributed by atoms with Crippen LogP contribution in [0.5, 0.6) is 11.5 Å². The number of aliphatic hydroxyl groups is 1. The summed E-state index contributed by atoms with van der Waals surface area (Å²) < 4.78 is 49.5. The molecular formula is C51H54N8O8S. The molecule has 17 heteroatoms. The zero-order chi connectivity index (χ0) is 48.2. The van der Waals surface area contributed by atoms with Crippen LogP contribution in [0.25, 0.3) is 44.5 Å². The number of carbonyl (C=O) groups is 1. The third-order valence-corrected chi connectivity index (χ3v) is 14.8. The Labute approximate surface area is 394 Å². The minimum Gasteiger partial charge on any atom is -0.494 e. The van der Waals surface area contributed by atoms with Crippen LogP contribution in [-0.4, -0.2) is 96.4 Å². The Hall–Kier alpha value is -7.08. The molecule has 0 unspecified atom stereocenters. The van der Waals surface area contributed by atoms with Crippen LogP contribution in [0.15, 0.2) is 95.4 Å². The van der Waals surface area contributed by atoms with E-state index in [1.54, 1.807) is 49.1 Å². The molecule has 0 bridgehead atoms. The highest BCUT2D eigenvalue weighted by atomic mass is 32.2. The standard InChI is InChI=1S/C51H54N8O8S/c1-9-33-35-22-32(15-16-40(35)53-47-37(33)26-59-45(47)23-39-38(48(59)60)28-67-49(61)51(39,62)10-2)66-27-30(3)68(63,64)29-31-21-42(46(65-8)24-44(31)57(6)20-19-56(4)5)55-50-52-18-17-41(54-50)36-25-58(7)43-14-12-11-13-34(36)43/h11-18,21-25,62H,3,9-10,19-20,26-29H2,1-2,4-8H3,(H,52,54,55)/t51-/m0/s1. The van der Waals surface area contributed by atoms with Crippen LogP contribution < -0.4 is 25.2 Å². The summed E-state index contributed by atoms with van der Waals surface area (Å²) >= 11 is 0. The molecule has 7 aromatic rings. The summed E-state index contributed by atoms with van der Waals surface area (Å²) in [6.45, 7) is 8.75. The number of carbonyl (C=O) groups excluding carboxylic acids is 1. The number of cyclic esters (lactones) is 1. The van der Waals surface area contributed by atoms with Gasteiger partial charge in [-0.3, -0.25) is 4.79 Å². The predicted octanol–water partition coefficient (Wildman–Crippen LogP) is 6.85. The number of fused-ring (bicyclic) bond motifs is 6. The van der Waals surface area contributed by atoms with Gasteiger partial charge >= 0.3 is 5.97 Å². The van der Waals surface area contributed by atoms with Gasteiger partial charge < -0.3 is 43.6 Å². The number of rotatable bonds is 16. The number of pyridine rings is 2. The van der Waals surface area contributed by atoms with Crippen molar-refractivity contribution in [3.63, 3.8) is 0 Å². The molecule has 68 heavy (non-hydrogen) atoms. The molecule has 0 amide bonds. The molecule has 16 nitrogen and oxygen atoms in total. The van der Waals surface area contributed by atoms with Crippen molar-refractivity contribution in [2.24, 2.45) is 7.05 Å². The van der Waals surface area contributed by atoms with Crippen molar-refractivity contribution in [2.45, 2.75) is 51.2 Å². The lowest BCUT2D eigenvalue weighted by atomic mass is 9.86. The van der Waals surface area contributed by atoms with E-state index in [4.69, 9.17) is 24.2 Å². The van der Waals surface area contributed by atoms with Crippen molar-refractivity contribution in [1.82, 2.24) is 29.0 Å². The van der Waals surface area contributed by atoms with Gasteiger partial charge in [0.25, 0.3) is 5.56 Å². The van der Waals surface area contributed by atoms with E-state index < -0.39 is 21.4 Å². The fourth-order valence-electron chi connectivity index (χ4n) is 9.25. The molecule has 0 radical (unpaired) electrons. The van der Waals surface area contributed by atoms with Crippen LogP contribution in [0.1, 0.15) is 48.1 Å². The minimum atomic E-state index is -4.01. The maximum absolute atomic E-state index is 14.3. The van der Waals surface area contributed by atoms with Gasteiger partial charge in [-0.25, -0.2) is 28.2 Å². The molecule has 352 valence electrons. The predicted molar refractivity (Wildman–Crippen MR) is 263 cm³/mol. The fraction of sp³-hybridized carbons (Fsp3) is 0.314. The number of hydrogen-bond acceptors (Lipinski definition) is 14. The second kappa shape index (κ2) is 17.9. The van der Waals surface area contributed by atoms with Crippen LogP contribution in [0.4, 0.5) is 17.3 Å². The van der Waals surface area contributed by atoms with Crippen LogP contribution >= 0.6 is 0 Å². The van der Waals surface area contributed by atoms with Crippen LogP contribution in [0, 0.1) is 0 Å². The Morgan fingerprint density at radius 2 is 1.79 bits per heavy atom. The van der Waals surface area contributed by atoms with Crippen LogP contribution in [0.3, 0.4) is 0 Å². The van der Waals surface area contributed by atoms with Crippen molar-refractivity contribution < 1.29 is 32.5 Å². The third-order valence-electron chi connectivity index (χ3n) is 13.1. The van der Waals surface area contributed by atoms with Gasteiger partial charge in [0.1, 0.15) is 24.7 Å². The number of sulfone groups is 1. The fourth-order valence-corrected chi connectivity index (χ4v) is 10.3. The Morgan fingerprint density at radius 3 is 2.54 bits per heavy atom. The number of aromatic nitrogens is 5. The van der Waals surface area contributed by atoms with Crippen molar-refractivity contribution in [3.8, 4) is 34.1 Å². The number of benzene rings is 3. The molecule has 0 spiro atoms. The summed E-state index contributed by atoms with van der Waals surface area (Å²) in [7, 11) is 5.42. The average Bonchev–Trinajstić information content (AvgIpc) is 3.87. The number of para-hydroxylation sites is 1. The van der Waals surface area contributed by atoms with Gasteiger partial charge in [-0.1, -0.05) is 38.6 Å². The summed E-state index contributed by atoms with van der Waals surface area (Å²) in [5, 5.41) is 16.5. The van der Waals surface area contributed by atoms with Gasteiger partial charge in [0, 0.05) is 84.3 Å². The zero-order valence-corrected chi connectivity index (χ0v) is 40.0. The van der Waals surface area contributed by atoms with Crippen molar-refractivity contribution in [3.05, 3.63) is 129 Å². The lowest BCUT2D eigenvalue weighted by Crippen LogP contribution is -2.44. The number of anilines is 3. The molecule has 0 saturated heterocycles. The molecule has 9 rings (SSSR count). The highest BCUT2D eigenvalue weighted by Crippen LogP contribution is 2.42. The highest BCUT2D eigenvalue weighted by molar-refractivity contribution is 7.94. The average molecular weight is 939 g/mol. The first-order chi connectivity index (χ1) is 32.5. The summed E-state index contributed by atoms with van der Waals surface area (Å²) in [6, 6.07) is 20.6. The maximum atomic E-state index is 14.3. The van der Waals surface area contributed by atoms with Crippen LogP contribution in [-0.2, 0) is 57.3 Å². The molecule has 3 aromatic carbocycles. The number of nitrogens with zero attached hydrogens (tertiary/aromatic N) is 7. The number of esters is 1. The highest BCUT2D eigenvalue weighted by Gasteiger charge is 2.45. The number of likely N-dealkylation sites (N-methyl/N-ethyl adjacent to an activating group) is 2. The summed E-state index contributed by atoms with van der Waals surface area (Å²) in [6.07, 6.45) is 4.36. The molecule has 2 aliphatic heterocycles. The number of aryl methyl sites for hydroxylation is 2. The molecule has 6 heterocycles. The number of hydrogen-bond donors (Lipinski definition) is 2. The molecule has 0 saturated carbocycles. The van der Waals surface area contributed by atoms with Crippen LogP contribution in [0.2, 0.25) is 0 Å². The summed E-state index contributed by atoms with van der Waals surface area (Å²) in [5.74, 6) is 0.0557. The van der Waals surface area contributed by atoms with E-state index >= 15 is 0 Å². The molecule has 0 aliphatic carbocycles. The topological polar surface area (TPSA) is 183 Å². The van der Waals surface area contributed by atoms with Gasteiger partial charge in [0.05, 0.1) is 58.2 Å². The summed E-state index contributed by atoms with van der Waals surface area (Å²) in [4.78, 5) is 44.8. The normalized spacial score (nSPS) is 15.3. The van der Waals surface area contributed by atoms with E-state index in [9.17, 15) is 23.1 Å². The van der Waals surface area contributed by atoms with E-state index in [0.717, 1.165) is 45.2 Å². The maximum Gasteiger partial charge on any atom is 0.343 e. The smallest absolute Gasteiger partial charge is 0.343 e. The quantitative estimate of drug-likeness (QED) is 0.0960. The third kappa shape index (κ3) is 8.13. The van der Waals surface area contributed by atoms with Crippen molar-refractivity contribution in [2.75, 3.05) is 58.2 Å². The lowest BCUT2D eigenvalue weighted by Gasteiger charge is -2.31. The largest absolute Gasteiger partial charge is 0.494 e. The van der Waals surface area contributed by atoms with Crippen molar-refractivity contribution in [1.29, 1.82) is 0 Å². The Balaban J connectivity index is 0.981. The van der Waals surface area contributed by atoms with E-state index in [-0.39, 0.29) is 53.5 Å². The van der Waals surface area contributed by atoms with Gasteiger partial charge in [-0.15, -0.1) is 0 Å². The molecule has 1 atom stereocenters. The van der Waals surface area contributed by atoms with E-state index in [1.165, 1.54) is 0 Å². The van der Waals surface area contributed by atoms with E-state index in [0.29, 0.717) is 64.3 Å². The zero-order valence-electron chi connectivity index (χ0n) is 39.2. The monoisotopic (exact) mass is 938 g/mol. The first-order valence-corrected chi connectivity index (χ1v) is 24.1. The first kappa shape index (κ1) is 46.0.